The number of nitrogen functional groups attached to an aromatic ring is 1. The van der Waals surface area contributed by atoms with Gasteiger partial charge in [0.1, 0.15) is 10.6 Å². The van der Waals surface area contributed by atoms with E-state index in [1.54, 1.807) is 0 Å². The molecule has 3 N–H and O–H groups in total. The molecule has 1 heterocycles. The summed E-state index contributed by atoms with van der Waals surface area (Å²) < 4.78 is 8.71. The molecule has 7 heteroatoms. The summed E-state index contributed by atoms with van der Waals surface area (Å²) in [7, 11) is 3.22. The molecular weight excluding hydrogens is 254 g/mol. The van der Waals surface area contributed by atoms with Crippen LogP contribution in [0.15, 0.2) is 0 Å². The molecule has 0 atom stereocenters. The van der Waals surface area contributed by atoms with Crippen molar-refractivity contribution < 1.29 is 14.6 Å². The predicted molar refractivity (Wildman–Crippen MR) is 69.9 cm³/mol. The molecule has 18 heavy (non-hydrogen) atoms. The van der Waals surface area contributed by atoms with Crippen LogP contribution >= 0.6 is 11.5 Å². The third kappa shape index (κ3) is 2.41. The standard InChI is InChI=1S/C11H17N3O3S/c1-14(5-6-3-7(15)4-6)10-8(11(16)17-2)9(12)13-18-10/h6-7,15H,3-5H2,1-2H3,(H2,12,13). The van der Waals surface area contributed by atoms with Crippen LogP contribution in [0.2, 0.25) is 0 Å². The van der Waals surface area contributed by atoms with E-state index in [4.69, 9.17) is 10.5 Å². The average molecular weight is 271 g/mol. The number of hydrogen-bond donors (Lipinski definition) is 2. The van der Waals surface area contributed by atoms with Gasteiger partial charge in [0.05, 0.1) is 13.2 Å². The smallest absolute Gasteiger partial charge is 0.344 e. The zero-order valence-electron chi connectivity index (χ0n) is 10.4. The molecule has 1 aliphatic rings. The molecule has 1 fully saturated rings. The summed E-state index contributed by atoms with van der Waals surface area (Å²) in [5.74, 6) is 0.206. The van der Waals surface area contributed by atoms with Crippen molar-refractivity contribution in [1.82, 2.24) is 4.37 Å². The lowest BCUT2D eigenvalue weighted by molar-refractivity contribution is 0.0463. The zero-order chi connectivity index (χ0) is 13.3. The molecule has 0 aliphatic heterocycles. The van der Waals surface area contributed by atoms with Gasteiger partial charge in [0.25, 0.3) is 0 Å². The third-order valence-corrected chi connectivity index (χ3v) is 4.16. The van der Waals surface area contributed by atoms with Crippen LogP contribution in [0.1, 0.15) is 23.2 Å². The molecule has 1 aliphatic carbocycles. The lowest BCUT2D eigenvalue weighted by Crippen LogP contribution is -2.37. The fourth-order valence-electron chi connectivity index (χ4n) is 2.17. The number of ether oxygens (including phenoxy) is 1. The minimum atomic E-state index is -0.461. The molecule has 0 amide bonds. The summed E-state index contributed by atoms with van der Waals surface area (Å²) in [6.07, 6.45) is 1.45. The molecule has 0 aromatic carbocycles. The number of aromatic nitrogens is 1. The predicted octanol–water partition coefficient (Wildman–Crippen LogP) is 0.719. The van der Waals surface area contributed by atoms with Crippen molar-refractivity contribution in [3.8, 4) is 0 Å². The third-order valence-electron chi connectivity index (χ3n) is 3.18. The highest BCUT2D eigenvalue weighted by Gasteiger charge is 2.30. The summed E-state index contributed by atoms with van der Waals surface area (Å²) in [5, 5.41) is 9.99. The number of rotatable bonds is 4. The summed E-state index contributed by atoms with van der Waals surface area (Å²) >= 11 is 1.19. The van der Waals surface area contributed by atoms with Crippen molar-refractivity contribution in [3.05, 3.63) is 5.56 Å². The first-order chi connectivity index (χ1) is 8.52. The van der Waals surface area contributed by atoms with E-state index in [1.165, 1.54) is 18.6 Å². The summed E-state index contributed by atoms with van der Waals surface area (Å²) in [6, 6.07) is 0. The first-order valence-electron chi connectivity index (χ1n) is 5.75. The van der Waals surface area contributed by atoms with Gasteiger partial charge in [0.2, 0.25) is 0 Å². The maximum absolute atomic E-state index is 11.6. The van der Waals surface area contributed by atoms with E-state index in [2.05, 4.69) is 4.37 Å². The molecular formula is C11H17N3O3S. The number of carbonyl (C=O) groups excluding carboxylic acids is 1. The Morgan fingerprint density at radius 2 is 2.33 bits per heavy atom. The Bertz CT molecular complexity index is 443. The first kappa shape index (κ1) is 13.1. The van der Waals surface area contributed by atoms with E-state index in [0.717, 1.165) is 24.4 Å². The zero-order valence-corrected chi connectivity index (χ0v) is 11.2. The number of carbonyl (C=O) groups is 1. The van der Waals surface area contributed by atoms with Gasteiger partial charge in [-0.05, 0) is 30.3 Å². The Labute approximate surface area is 110 Å². The Balaban J connectivity index is 2.10. The quantitative estimate of drug-likeness (QED) is 0.784. The number of aliphatic hydroxyl groups excluding tert-OH is 1. The number of nitrogens with zero attached hydrogens (tertiary/aromatic N) is 2. The van der Waals surface area contributed by atoms with Crippen LogP contribution in [0.4, 0.5) is 10.8 Å². The Morgan fingerprint density at radius 3 is 2.89 bits per heavy atom. The van der Waals surface area contributed by atoms with Gasteiger partial charge in [-0.1, -0.05) is 0 Å². The molecule has 1 aromatic rings. The fourth-order valence-corrected chi connectivity index (χ4v) is 2.94. The van der Waals surface area contributed by atoms with Crippen molar-refractivity contribution >= 4 is 28.3 Å². The van der Waals surface area contributed by atoms with Crippen LogP contribution in [-0.2, 0) is 4.74 Å². The normalized spacial score (nSPS) is 22.4. The maximum Gasteiger partial charge on any atom is 0.344 e. The molecule has 2 rings (SSSR count). The van der Waals surface area contributed by atoms with Gasteiger partial charge in [-0.15, -0.1) is 0 Å². The molecule has 0 spiro atoms. The second-order valence-electron chi connectivity index (χ2n) is 4.61. The van der Waals surface area contributed by atoms with Gasteiger partial charge in [0.15, 0.2) is 5.82 Å². The molecule has 1 saturated carbocycles. The van der Waals surface area contributed by atoms with E-state index in [0.29, 0.717) is 11.5 Å². The van der Waals surface area contributed by atoms with Gasteiger partial charge in [-0.2, -0.15) is 4.37 Å². The molecule has 0 bridgehead atoms. The van der Waals surface area contributed by atoms with Gasteiger partial charge >= 0.3 is 5.97 Å². The highest BCUT2D eigenvalue weighted by atomic mass is 32.1. The van der Waals surface area contributed by atoms with E-state index in [1.807, 2.05) is 11.9 Å². The number of methoxy groups -OCH3 is 1. The van der Waals surface area contributed by atoms with Crippen molar-refractivity contribution in [2.75, 3.05) is 31.3 Å². The van der Waals surface area contributed by atoms with Crippen molar-refractivity contribution in [2.45, 2.75) is 18.9 Å². The number of aliphatic hydroxyl groups is 1. The highest BCUT2D eigenvalue weighted by molar-refractivity contribution is 7.11. The Morgan fingerprint density at radius 1 is 1.67 bits per heavy atom. The minimum Gasteiger partial charge on any atom is -0.465 e. The fraction of sp³-hybridized carbons (Fsp3) is 0.636. The summed E-state index contributed by atoms with van der Waals surface area (Å²) in [4.78, 5) is 13.6. The SMILES string of the molecule is COC(=O)c1c(N)nsc1N(C)CC1CC(O)C1. The second kappa shape index (κ2) is 5.11. The molecule has 1 aromatic heterocycles. The van der Waals surface area contributed by atoms with Crippen LogP contribution in [0.3, 0.4) is 0 Å². The van der Waals surface area contributed by atoms with Crippen molar-refractivity contribution in [2.24, 2.45) is 5.92 Å². The van der Waals surface area contributed by atoms with Crippen LogP contribution < -0.4 is 10.6 Å². The van der Waals surface area contributed by atoms with E-state index < -0.39 is 5.97 Å². The topological polar surface area (TPSA) is 88.7 Å². The Kier molecular flexibility index (Phi) is 3.72. The second-order valence-corrected chi connectivity index (χ2v) is 5.36. The number of nitrogens with two attached hydrogens (primary N) is 1. The van der Waals surface area contributed by atoms with E-state index in [-0.39, 0.29) is 11.9 Å². The largest absolute Gasteiger partial charge is 0.465 e. The highest BCUT2D eigenvalue weighted by Crippen LogP contribution is 2.34. The summed E-state index contributed by atoms with van der Waals surface area (Å²) in [5.41, 5.74) is 6.02. The maximum atomic E-state index is 11.6. The van der Waals surface area contributed by atoms with Gasteiger partial charge < -0.3 is 20.5 Å². The molecule has 0 unspecified atom stereocenters. The number of esters is 1. The molecule has 100 valence electrons. The molecule has 0 radical (unpaired) electrons. The lowest BCUT2D eigenvalue weighted by atomic mass is 9.82. The summed E-state index contributed by atoms with van der Waals surface area (Å²) in [6.45, 7) is 0.780. The number of anilines is 2. The van der Waals surface area contributed by atoms with Crippen molar-refractivity contribution in [1.29, 1.82) is 0 Å². The first-order valence-corrected chi connectivity index (χ1v) is 6.53. The minimum absolute atomic E-state index is 0.171. The van der Waals surface area contributed by atoms with Crippen LogP contribution in [0.25, 0.3) is 0 Å². The molecule has 6 nitrogen and oxygen atoms in total. The Hall–Kier alpha value is -1.34. The van der Waals surface area contributed by atoms with Gasteiger partial charge in [0, 0.05) is 13.6 Å². The average Bonchev–Trinajstić information content (AvgIpc) is 2.68. The monoisotopic (exact) mass is 271 g/mol. The van der Waals surface area contributed by atoms with Gasteiger partial charge in [-0.3, -0.25) is 0 Å². The number of hydrogen-bond acceptors (Lipinski definition) is 7. The van der Waals surface area contributed by atoms with Crippen LogP contribution in [0.5, 0.6) is 0 Å². The lowest BCUT2D eigenvalue weighted by Gasteiger charge is -2.34. The van der Waals surface area contributed by atoms with Crippen LogP contribution in [-0.4, -0.2) is 42.3 Å². The van der Waals surface area contributed by atoms with E-state index >= 15 is 0 Å². The van der Waals surface area contributed by atoms with Crippen molar-refractivity contribution in [3.63, 3.8) is 0 Å². The van der Waals surface area contributed by atoms with Crippen LogP contribution in [0, 0.1) is 5.92 Å². The van der Waals surface area contributed by atoms with E-state index in [9.17, 15) is 9.90 Å². The molecule has 0 saturated heterocycles. The van der Waals surface area contributed by atoms with Gasteiger partial charge in [-0.25, -0.2) is 4.79 Å².